The molecular weight excluding hydrogens is 356 g/mol. The number of hydrogen-bond donors (Lipinski definition) is 1. The second-order valence-corrected chi connectivity index (χ2v) is 6.95. The third kappa shape index (κ3) is 2.65. The molecule has 2 aliphatic rings. The van der Waals surface area contributed by atoms with E-state index in [0.717, 1.165) is 22.8 Å². The highest BCUT2D eigenvalue weighted by Gasteiger charge is 2.43. The summed E-state index contributed by atoms with van der Waals surface area (Å²) in [6.07, 6.45) is 3.41. The summed E-state index contributed by atoms with van der Waals surface area (Å²) in [4.78, 5) is 26.5. The molecule has 5 rings (SSSR count). The number of H-pyrrole nitrogens is 1. The number of amides is 1. The van der Waals surface area contributed by atoms with E-state index in [9.17, 15) is 4.79 Å². The van der Waals surface area contributed by atoms with Gasteiger partial charge in [-0.05, 0) is 18.6 Å². The molecule has 4 heterocycles. The predicted octanol–water partition coefficient (Wildman–Crippen LogP) is 2.18. The minimum atomic E-state index is -0.378. The van der Waals surface area contributed by atoms with Crippen LogP contribution in [0.15, 0.2) is 48.8 Å². The maximum absolute atomic E-state index is 13.4. The lowest BCUT2D eigenvalue weighted by Gasteiger charge is -2.45. The van der Waals surface area contributed by atoms with Gasteiger partial charge in [-0.2, -0.15) is 5.10 Å². The minimum absolute atomic E-state index is 0.0152. The molecule has 1 N–H and O–H groups in total. The fraction of sp³-hybridized carbons (Fsp3) is 0.300. The minimum Gasteiger partial charge on any atom is -0.377 e. The molecule has 0 bridgehead atoms. The number of benzene rings is 1. The quantitative estimate of drug-likeness (QED) is 0.754. The average Bonchev–Trinajstić information content (AvgIpc) is 3.29. The molecule has 2 aromatic heterocycles. The van der Waals surface area contributed by atoms with Crippen LogP contribution >= 0.6 is 0 Å². The molecule has 1 saturated heterocycles. The van der Waals surface area contributed by atoms with E-state index in [1.165, 1.54) is 0 Å². The van der Waals surface area contributed by atoms with Crippen LogP contribution in [-0.4, -0.2) is 51.9 Å². The van der Waals surface area contributed by atoms with Gasteiger partial charge in [-0.1, -0.05) is 30.3 Å². The van der Waals surface area contributed by atoms with Crippen LogP contribution in [0.4, 0.5) is 11.5 Å². The van der Waals surface area contributed by atoms with Gasteiger partial charge in [-0.15, -0.1) is 0 Å². The molecule has 0 aliphatic carbocycles. The molecule has 8 nitrogen and oxygen atoms in total. The smallest absolute Gasteiger partial charge is 0.252 e. The normalized spacial score (nSPS) is 19.9. The van der Waals surface area contributed by atoms with E-state index in [2.05, 4.69) is 15.2 Å². The van der Waals surface area contributed by atoms with Crippen molar-refractivity contribution in [1.82, 2.24) is 20.2 Å². The van der Waals surface area contributed by atoms with Gasteiger partial charge in [-0.3, -0.25) is 14.8 Å². The highest BCUT2D eigenvalue weighted by molar-refractivity contribution is 6.05. The molecule has 0 saturated carbocycles. The lowest BCUT2D eigenvalue weighted by atomic mass is 10.0. The number of aromatic amines is 1. The Balaban J connectivity index is 1.64. The van der Waals surface area contributed by atoms with Crippen LogP contribution in [0.2, 0.25) is 0 Å². The third-order valence-electron chi connectivity index (χ3n) is 5.34. The molecule has 1 amide bonds. The van der Waals surface area contributed by atoms with Crippen molar-refractivity contribution in [3.8, 4) is 11.5 Å². The van der Waals surface area contributed by atoms with Gasteiger partial charge in [0.1, 0.15) is 17.4 Å². The van der Waals surface area contributed by atoms with Crippen LogP contribution < -0.4 is 9.80 Å². The number of nitrogens with one attached hydrogen (secondary N) is 1. The topological polar surface area (TPSA) is 87.2 Å². The van der Waals surface area contributed by atoms with Gasteiger partial charge in [0.05, 0.1) is 25.5 Å². The Morgan fingerprint density at radius 1 is 1.25 bits per heavy atom. The Morgan fingerprint density at radius 3 is 2.89 bits per heavy atom. The average molecular weight is 376 g/mol. The van der Waals surface area contributed by atoms with Gasteiger partial charge >= 0.3 is 0 Å². The molecule has 2 unspecified atom stereocenters. The van der Waals surface area contributed by atoms with E-state index in [1.807, 2.05) is 48.2 Å². The summed E-state index contributed by atoms with van der Waals surface area (Å²) in [6.45, 7) is 3.58. The van der Waals surface area contributed by atoms with E-state index in [0.29, 0.717) is 25.6 Å². The number of hydrogen-bond acceptors (Lipinski definition) is 6. The SMILES string of the molecule is CC(c1ccccc1)N1C(=O)C2COCCN2c2nc(-c3ccn[nH]3)ncc21. The summed E-state index contributed by atoms with van der Waals surface area (Å²) in [6, 6.07) is 11.3. The van der Waals surface area contributed by atoms with Gasteiger partial charge in [0, 0.05) is 12.7 Å². The van der Waals surface area contributed by atoms with Crippen molar-refractivity contribution in [1.29, 1.82) is 0 Å². The van der Waals surface area contributed by atoms with E-state index >= 15 is 0 Å². The first kappa shape index (κ1) is 16.9. The number of nitrogens with zero attached hydrogens (tertiary/aromatic N) is 5. The Hall–Kier alpha value is -3.26. The van der Waals surface area contributed by atoms with Gasteiger partial charge in [-0.25, -0.2) is 9.97 Å². The zero-order chi connectivity index (χ0) is 19.1. The summed E-state index contributed by atoms with van der Waals surface area (Å²) < 4.78 is 5.61. The van der Waals surface area contributed by atoms with Crippen molar-refractivity contribution in [3.05, 3.63) is 54.4 Å². The Labute approximate surface area is 162 Å². The second kappa shape index (κ2) is 6.72. The fourth-order valence-corrected chi connectivity index (χ4v) is 3.88. The van der Waals surface area contributed by atoms with Crippen molar-refractivity contribution in [2.45, 2.75) is 19.0 Å². The molecule has 2 aliphatic heterocycles. The lowest BCUT2D eigenvalue weighted by molar-refractivity contribution is -0.123. The standard InChI is InChI=1S/C20H20N6O2/c1-13(14-5-3-2-4-6-14)26-16-11-21-18(15-7-8-22-24-15)23-19(16)25-9-10-28-12-17(25)20(26)27/h2-8,11,13,17H,9-10,12H2,1H3,(H,22,24). The molecular formula is C20H20N6O2. The summed E-state index contributed by atoms with van der Waals surface area (Å²) in [5, 5.41) is 6.89. The van der Waals surface area contributed by atoms with Gasteiger partial charge in [0.15, 0.2) is 11.6 Å². The van der Waals surface area contributed by atoms with E-state index in [4.69, 9.17) is 9.72 Å². The molecule has 1 aromatic carbocycles. The summed E-state index contributed by atoms with van der Waals surface area (Å²) in [7, 11) is 0. The van der Waals surface area contributed by atoms with Crippen molar-refractivity contribution < 1.29 is 9.53 Å². The van der Waals surface area contributed by atoms with Crippen LogP contribution in [0.1, 0.15) is 18.5 Å². The number of carbonyl (C=O) groups is 1. The van der Waals surface area contributed by atoms with Crippen molar-refractivity contribution >= 4 is 17.4 Å². The molecule has 2 atom stereocenters. The zero-order valence-corrected chi connectivity index (χ0v) is 15.4. The number of morpholine rings is 1. The number of fused-ring (bicyclic) bond motifs is 3. The number of carbonyl (C=O) groups excluding carboxylic acids is 1. The number of rotatable bonds is 3. The molecule has 1 fully saturated rings. The van der Waals surface area contributed by atoms with Crippen LogP contribution in [0.25, 0.3) is 11.5 Å². The van der Waals surface area contributed by atoms with Gasteiger partial charge < -0.3 is 9.64 Å². The van der Waals surface area contributed by atoms with Crippen molar-refractivity contribution in [3.63, 3.8) is 0 Å². The van der Waals surface area contributed by atoms with Crippen molar-refractivity contribution in [2.24, 2.45) is 0 Å². The summed E-state index contributed by atoms with van der Waals surface area (Å²) in [5.41, 5.74) is 2.53. The Bertz CT molecular complexity index is 991. The maximum Gasteiger partial charge on any atom is 0.252 e. The molecule has 0 radical (unpaired) electrons. The van der Waals surface area contributed by atoms with E-state index < -0.39 is 0 Å². The monoisotopic (exact) mass is 376 g/mol. The third-order valence-corrected chi connectivity index (χ3v) is 5.34. The summed E-state index contributed by atoms with van der Waals surface area (Å²) >= 11 is 0. The molecule has 8 heteroatoms. The Morgan fingerprint density at radius 2 is 2.11 bits per heavy atom. The van der Waals surface area contributed by atoms with Crippen molar-refractivity contribution in [2.75, 3.05) is 29.6 Å². The zero-order valence-electron chi connectivity index (χ0n) is 15.4. The summed E-state index contributed by atoms with van der Waals surface area (Å²) in [5.74, 6) is 1.33. The van der Waals surface area contributed by atoms with Gasteiger partial charge in [0.25, 0.3) is 5.91 Å². The van der Waals surface area contributed by atoms with Crippen LogP contribution in [-0.2, 0) is 9.53 Å². The van der Waals surface area contributed by atoms with Gasteiger partial charge in [0.2, 0.25) is 0 Å². The van der Waals surface area contributed by atoms with Crippen LogP contribution in [0.5, 0.6) is 0 Å². The molecule has 3 aromatic rings. The largest absolute Gasteiger partial charge is 0.377 e. The lowest BCUT2D eigenvalue weighted by Crippen LogP contribution is -2.59. The molecule has 142 valence electrons. The molecule has 0 spiro atoms. The first-order valence-electron chi connectivity index (χ1n) is 9.33. The van der Waals surface area contributed by atoms with Crippen LogP contribution in [0.3, 0.4) is 0 Å². The highest BCUT2D eigenvalue weighted by atomic mass is 16.5. The first-order chi connectivity index (χ1) is 13.7. The highest BCUT2D eigenvalue weighted by Crippen LogP contribution is 2.40. The number of ether oxygens (including phenoxy) is 1. The van der Waals surface area contributed by atoms with Crippen LogP contribution in [0, 0.1) is 0 Å². The second-order valence-electron chi connectivity index (χ2n) is 6.95. The van der Waals surface area contributed by atoms with E-state index in [-0.39, 0.29) is 18.0 Å². The molecule has 28 heavy (non-hydrogen) atoms. The number of aromatic nitrogens is 4. The predicted molar refractivity (Wildman–Crippen MR) is 104 cm³/mol. The first-order valence-corrected chi connectivity index (χ1v) is 9.33. The fourth-order valence-electron chi connectivity index (χ4n) is 3.88. The van der Waals surface area contributed by atoms with E-state index in [1.54, 1.807) is 17.3 Å². The number of anilines is 2. The Kier molecular flexibility index (Phi) is 4.05. The maximum atomic E-state index is 13.4.